The first kappa shape index (κ1) is 11.6. The standard InChI is InChI=1S/C12H19NS/c1-3-9-14-10-8-12-7-5-6-11(4-2)13-12/h5-7H,3-4,8-10H2,1-2H3. The van der Waals surface area contributed by atoms with E-state index in [-0.39, 0.29) is 0 Å². The number of hydrogen-bond donors (Lipinski definition) is 0. The Morgan fingerprint density at radius 3 is 2.64 bits per heavy atom. The predicted octanol–water partition coefficient (Wildman–Crippen LogP) is 3.33. The molecular formula is C12H19NS. The number of rotatable bonds is 6. The van der Waals surface area contributed by atoms with Gasteiger partial charge in [-0.05, 0) is 42.9 Å². The molecule has 0 aliphatic rings. The predicted molar refractivity (Wildman–Crippen MR) is 64.9 cm³/mol. The minimum absolute atomic E-state index is 1.04. The molecule has 0 spiro atoms. The summed E-state index contributed by atoms with van der Waals surface area (Å²) >= 11 is 2.02. The minimum atomic E-state index is 1.04. The molecule has 1 rings (SSSR count). The van der Waals surface area contributed by atoms with Gasteiger partial charge in [0.2, 0.25) is 0 Å². The van der Waals surface area contributed by atoms with E-state index < -0.39 is 0 Å². The SMILES string of the molecule is CCCSCCc1cccc(CC)n1. The van der Waals surface area contributed by atoms with Crippen molar-refractivity contribution >= 4 is 11.8 Å². The van der Waals surface area contributed by atoms with Crippen LogP contribution in [0.25, 0.3) is 0 Å². The van der Waals surface area contributed by atoms with Crippen LogP contribution in [-0.4, -0.2) is 16.5 Å². The molecule has 0 aliphatic heterocycles. The van der Waals surface area contributed by atoms with Gasteiger partial charge in [-0.2, -0.15) is 11.8 Å². The molecule has 78 valence electrons. The van der Waals surface area contributed by atoms with Gasteiger partial charge in [0, 0.05) is 11.4 Å². The van der Waals surface area contributed by atoms with Crippen LogP contribution in [0.3, 0.4) is 0 Å². The highest BCUT2D eigenvalue weighted by molar-refractivity contribution is 7.99. The molecule has 0 aliphatic carbocycles. The van der Waals surface area contributed by atoms with Crippen LogP contribution in [0.15, 0.2) is 18.2 Å². The van der Waals surface area contributed by atoms with Crippen LogP contribution in [0.5, 0.6) is 0 Å². The van der Waals surface area contributed by atoms with Crippen molar-refractivity contribution in [3.8, 4) is 0 Å². The Morgan fingerprint density at radius 2 is 1.93 bits per heavy atom. The van der Waals surface area contributed by atoms with E-state index in [2.05, 4.69) is 37.0 Å². The maximum Gasteiger partial charge on any atom is 0.0415 e. The van der Waals surface area contributed by atoms with E-state index >= 15 is 0 Å². The first-order chi connectivity index (χ1) is 6.86. The van der Waals surface area contributed by atoms with E-state index in [4.69, 9.17) is 0 Å². The second kappa shape index (κ2) is 6.88. The molecule has 0 saturated carbocycles. The summed E-state index contributed by atoms with van der Waals surface area (Å²) in [5.74, 6) is 2.47. The van der Waals surface area contributed by atoms with E-state index in [1.165, 1.54) is 29.3 Å². The molecule has 0 N–H and O–H groups in total. The highest BCUT2D eigenvalue weighted by atomic mass is 32.2. The number of nitrogens with zero attached hydrogens (tertiary/aromatic N) is 1. The van der Waals surface area contributed by atoms with Crippen LogP contribution in [0.4, 0.5) is 0 Å². The summed E-state index contributed by atoms with van der Waals surface area (Å²) in [7, 11) is 0. The second-order valence-corrected chi connectivity index (χ2v) is 4.56. The second-order valence-electron chi connectivity index (χ2n) is 3.34. The lowest BCUT2D eigenvalue weighted by molar-refractivity contribution is 0.958. The third-order valence-electron chi connectivity index (χ3n) is 2.08. The smallest absolute Gasteiger partial charge is 0.0415 e. The van der Waals surface area contributed by atoms with Crippen LogP contribution in [0.2, 0.25) is 0 Å². The summed E-state index contributed by atoms with van der Waals surface area (Å²) in [6.07, 6.45) is 3.42. The van der Waals surface area contributed by atoms with Gasteiger partial charge in [0.1, 0.15) is 0 Å². The maximum absolute atomic E-state index is 4.58. The van der Waals surface area contributed by atoms with Crippen molar-refractivity contribution in [1.82, 2.24) is 4.98 Å². The highest BCUT2D eigenvalue weighted by Crippen LogP contribution is 2.07. The van der Waals surface area contributed by atoms with Crippen molar-refractivity contribution in [2.75, 3.05) is 11.5 Å². The van der Waals surface area contributed by atoms with Gasteiger partial charge >= 0.3 is 0 Å². The number of thioether (sulfide) groups is 1. The number of hydrogen-bond acceptors (Lipinski definition) is 2. The van der Waals surface area contributed by atoms with Crippen LogP contribution in [0, 0.1) is 0 Å². The van der Waals surface area contributed by atoms with Gasteiger partial charge in [-0.25, -0.2) is 0 Å². The Kier molecular flexibility index (Phi) is 5.69. The molecule has 1 heterocycles. The van der Waals surface area contributed by atoms with E-state index in [1.54, 1.807) is 0 Å². The lowest BCUT2D eigenvalue weighted by Crippen LogP contribution is -1.96. The average molecular weight is 209 g/mol. The van der Waals surface area contributed by atoms with Crippen LogP contribution in [-0.2, 0) is 12.8 Å². The summed E-state index contributed by atoms with van der Waals surface area (Å²) in [4.78, 5) is 4.58. The molecule has 0 aromatic carbocycles. The fraction of sp³-hybridized carbons (Fsp3) is 0.583. The molecule has 1 aromatic heterocycles. The van der Waals surface area contributed by atoms with Crippen molar-refractivity contribution in [2.45, 2.75) is 33.1 Å². The van der Waals surface area contributed by atoms with Gasteiger partial charge in [-0.15, -0.1) is 0 Å². The Bertz CT molecular complexity index is 260. The van der Waals surface area contributed by atoms with Crippen LogP contribution < -0.4 is 0 Å². The molecule has 0 bridgehead atoms. The van der Waals surface area contributed by atoms with Gasteiger partial charge in [-0.1, -0.05) is 19.9 Å². The van der Waals surface area contributed by atoms with Crippen molar-refractivity contribution < 1.29 is 0 Å². The molecule has 0 fully saturated rings. The maximum atomic E-state index is 4.58. The lowest BCUT2D eigenvalue weighted by atomic mass is 10.2. The quantitative estimate of drug-likeness (QED) is 0.667. The zero-order valence-electron chi connectivity index (χ0n) is 9.12. The summed E-state index contributed by atoms with van der Waals surface area (Å²) in [5.41, 5.74) is 2.45. The number of aromatic nitrogens is 1. The molecule has 0 atom stereocenters. The average Bonchev–Trinajstić information content (AvgIpc) is 2.25. The van der Waals surface area contributed by atoms with Gasteiger partial charge in [-0.3, -0.25) is 4.98 Å². The van der Waals surface area contributed by atoms with Crippen molar-refractivity contribution in [3.63, 3.8) is 0 Å². The Hall–Kier alpha value is -0.500. The van der Waals surface area contributed by atoms with Crippen molar-refractivity contribution in [3.05, 3.63) is 29.6 Å². The largest absolute Gasteiger partial charge is 0.258 e. The molecule has 2 heteroatoms. The summed E-state index contributed by atoms with van der Waals surface area (Å²) < 4.78 is 0. The van der Waals surface area contributed by atoms with E-state index in [1.807, 2.05) is 11.8 Å². The fourth-order valence-corrected chi connectivity index (χ4v) is 2.13. The molecule has 1 nitrogen and oxygen atoms in total. The summed E-state index contributed by atoms with van der Waals surface area (Å²) in [5, 5.41) is 0. The topological polar surface area (TPSA) is 12.9 Å². The molecule has 0 unspecified atom stereocenters. The van der Waals surface area contributed by atoms with Gasteiger partial charge in [0.05, 0.1) is 0 Å². The first-order valence-corrected chi connectivity index (χ1v) is 6.54. The van der Waals surface area contributed by atoms with Crippen LogP contribution in [0.1, 0.15) is 31.7 Å². The summed E-state index contributed by atoms with van der Waals surface area (Å²) in [6, 6.07) is 6.35. The molecule has 0 radical (unpaired) electrons. The first-order valence-electron chi connectivity index (χ1n) is 5.39. The fourth-order valence-electron chi connectivity index (χ4n) is 1.29. The number of aryl methyl sites for hydroxylation is 2. The Labute approximate surface area is 91.3 Å². The van der Waals surface area contributed by atoms with Gasteiger partial charge < -0.3 is 0 Å². The lowest BCUT2D eigenvalue weighted by Gasteiger charge is -2.02. The van der Waals surface area contributed by atoms with Crippen molar-refractivity contribution in [2.24, 2.45) is 0 Å². The normalized spacial score (nSPS) is 10.4. The molecular weight excluding hydrogens is 190 g/mol. The zero-order valence-corrected chi connectivity index (χ0v) is 9.94. The zero-order chi connectivity index (χ0) is 10.2. The molecule has 0 saturated heterocycles. The molecule has 0 amide bonds. The van der Waals surface area contributed by atoms with Gasteiger partial charge in [0.15, 0.2) is 0 Å². The van der Waals surface area contributed by atoms with Gasteiger partial charge in [0.25, 0.3) is 0 Å². The monoisotopic (exact) mass is 209 g/mol. The van der Waals surface area contributed by atoms with E-state index in [0.29, 0.717) is 0 Å². The van der Waals surface area contributed by atoms with Crippen LogP contribution >= 0.6 is 11.8 Å². The minimum Gasteiger partial charge on any atom is -0.258 e. The summed E-state index contributed by atoms with van der Waals surface area (Å²) in [6.45, 7) is 4.38. The van der Waals surface area contributed by atoms with E-state index in [0.717, 1.165) is 12.8 Å². The Morgan fingerprint density at radius 1 is 1.14 bits per heavy atom. The highest BCUT2D eigenvalue weighted by Gasteiger charge is 1.96. The number of pyridine rings is 1. The van der Waals surface area contributed by atoms with E-state index in [9.17, 15) is 0 Å². The van der Waals surface area contributed by atoms with Crippen molar-refractivity contribution in [1.29, 1.82) is 0 Å². The third kappa shape index (κ3) is 4.14. The molecule has 14 heavy (non-hydrogen) atoms. The third-order valence-corrected chi connectivity index (χ3v) is 3.27. The Balaban J connectivity index is 2.34. The molecule has 1 aromatic rings.